The average molecular weight is 932 g/mol. The Morgan fingerprint density at radius 1 is 0.984 bits per heavy atom. The third-order valence-electron chi connectivity index (χ3n) is 11.7. The van der Waals surface area contributed by atoms with Gasteiger partial charge in [0.05, 0.1) is 28.5 Å². The highest BCUT2D eigenvalue weighted by atomic mass is 79.9. The molecule has 5 heterocycles. The van der Waals surface area contributed by atoms with Crippen molar-refractivity contribution in [2.24, 2.45) is 0 Å². The summed E-state index contributed by atoms with van der Waals surface area (Å²) in [4.78, 5) is 61.2. The van der Waals surface area contributed by atoms with E-state index in [4.69, 9.17) is 18.8 Å². The number of ether oxygens (including phenoxy) is 1. The molecule has 2 saturated heterocycles. The quantitative estimate of drug-likeness (QED) is 0.0906. The molecule has 2 fully saturated rings. The predicted molar refractivity (Wildman–Crippen MR) is 234 cm³/mol. The number of piperidine rings is 2. The maximum Gasteiger partial charge on any atom is 0.365 e. The van der Waals surface area contributed by atoms with E-state index in [0.717, 1.165) is 37.2 Å². The number of aryl methyl sites for hydroxylation is 1. The molecule has 3 aromatic carbocycles. The maximum atomic E-state index is 15.5. The summed E-state index contributed by atoms with van der Waals surface area (Å²) in [5.41, 5.74) is 5.39. The van der Waals surface area contributed by atoms with Crippen molar-refractivity contribution >= 4 is 86.4 Å². The van der Waals surface area contributed by atoms with Crippen molar-refractivity contribution in [1.82, 2.24) is 35.1 Å². The lowest BCUT2D eigenvalue weighted by atomic mass is 10.00. The van der Waals surface area contributed by atoms with E-state index >= 15 is 4.39 Å². The van der Waals surface area contributed by atoms with Gasteiger partial charge in [0.2, 0.25) is 17.8 Å². The van der Waals surface area contributed by atoms with Crippen LogP contribution in [0.15, 0.2) is 59.5 Å². The summed E-state index contributed by atoms with van der Waals surface area (Å²) in [6, 6.07) is 9.90. The lowest BCUT2D eigenvalue weighted by Gasteiger charge is -2.38. The van der Waals surface area contributed by atoms with Gasteiger partial charge in [-0.3, -0.25) is 39.1 Å². The van der Waals surface area contributed by atoms with Gasteiger partial charge in [-0.25, -0.2) is 9.37 Å². The first-order valence-electron chi connectivity index (χ1n) is 19.9. The van der Waals surface area contributed by atoms with E-state index in [-0.39, 0.29) is 48.2 Å². The van der Waals surface area contributed by atoms with E-state index in [9.17, 15) is 18.9 Å². The van der Waals surface area contributed by atoms with Crippen LogP contribution in [-0.4, -0.2) is 101 Å². The molecule has 3 aliphatic heterocycles. The molecule has 5 aromatic rings. The van der Waals surface area contributed by atoms with Crippen LogP contribution in [0.25, 0.3) is 11.0 Å². The third-order valence-corrected chi connectivity index (χ3v) is 14.2. The molecule has 0 saturated carbocycles. The number of nitrogens with one attached hydrogen (secondary N) is 3. The summed E-state index contributed by atoms with van der Waals surface area (Å²) in [7, 11) is 2.40. The molecule has 1 atom stereocenters. The molecule has 17 nitrogen and oxygen atoms in total. The van der Waals surface area contributed by atoms with E-state index in [2.05, 4.69) is 56.6 Å². The van der Waals surface area contributed by atoms with Gasteiger partial charge in [0.15, 0.2) is 0 Å². The van der Waals surface area contributed by atoms with Crippen LogP contribution >= 0.6 is 23.5 Å². The monoisotopic (exact) mass is 930 g/mol. The SMILES string of the molecule is COc1cc(N2CCC(N(C)Cc3cc4c(cc3F)C(=O)N(C3CCC(=O)NC3=O)C4)CC2)c(C)cc1Nc1ncc(Br)c(Nc2ccc3nccnc3c2P(=O)(OC)OC)n1. The number of carbonyl (C=O) groups excluding carboxylic acids is 3. The number of methoxy groups -OCH3 is 1. The highest BCUT2D eigenvalue weighted by Gasteiger charge is 2.40. The normalized spacial score (nSPS) is 17.2. The van der Waals surface area contributed by atoms with Gasteiger partial charge in [-0.05, 0) is 90.6 Å². The number of carbonyl (C=O) groups is 3. The highest BCUT2D eigenvalue weighted by molar-refractivity contribution is 9.10. The van der Waals surface area contributed by atoms with E-state index in [1.54, 1.807) is 37.7 Å². The number of fused-ring (bicyclic) bond motifs is 2. The first-order chi connectivity index (χ1) is 29.8. The molecule has 0 aliphatic carbocycles. The number of aromatic nitrogens is 4. The second-order valence-electron chi connectivity index (χ2n) is 15.4. The first-order valence-corrected chi connectivity index (χ1v) is 22.3. The number of anilines is 5. The van der Waals surface area contributed by atoms with Crippen LogP contribution in [0.1, 0.15) is 52.7 Å². The van der Waals surface area contributed by atoms with Gasteiger partial charge >= 0.3 is 7.60 Å². The second kappa shape index (κ2) is 17.6. The molecule has 3 amide bonds. The van der Waals surface area contributed by atoms with E-state index < -0.39 is 31.3 Å². The van der Waals surface area contributed by atoms with Crippen molar-refractivity contribution in [3.63, 3.8) is 0 Å². The van der Waals surface area contributed by atoms with Gasteiger partial charge in [0, 0.05) is 94.3 Å². The minimum Gasteiger partial charge on any atom is -0.494 e. The van der Waals surface area contributed by atoms with Gasteiger partial charge in [-0.1, -0.05) is 0 Å². The van der Waals surface area contributed by atoms with Crippen LogP contribution in [0.4, 0.5) is 33.2 Å². The van der Waals surface area contributed by atoms with E-state index in [0.29, 0.717) is 56.1 Å². The summed E-state index contributed by atoms with van der Waals surface area (Å²) >= 11 is 3.53. The molecule has 8 rings (SSSR count). The zero-order chi connectivity index (χ0) is 43.9. The Hall–Kier alpha value is -5.59. The van der Waals surface area contributed by atoms with Gasteiger partial charge in [0.1, 0.15) is 34.2 Å². The Balaban J connectivity index is 0.931. The maximum absolute atomic E-state index is 15.5. The zero-order valence-corrected chi connectivity index (χ0v) is 37.2. The van der Waals surface area contributed by atoms with Crippen molar-refractivity contribution in [2.45, 2.75) is 57.8 Å². The molecular formula is C42H45BrFN10O7P. The fourth-order valence-electron chi connectivity index (χ4n) is 8.41. The lowest BCUT2D eigenvalue weighted by Crippen LogP contribution is -2.52. The van der Waals surface area contributed by atoms with Crippen LogP contribution in [0.3, 0.4) is 0 Å². The minimum atomic E-state index is -3.81. The molecule has 3 N–H and O–H groups in total. The smallest absolute Gasteiger partial charge is 0.365 e. The van der Waals surface area contributed by atoms with Crippen LogP contribution in [0.5, 0.6) is 5.75 Å². The molecule has 62 heavy (non-hydrogen) atoms. The topological polar surface area (TPSA) is 193 Å². The predicted octanol–water partition coefficient (Wildman–Crippen LogP) is 6.10. The number of amides is 3. The standard InChI is InChI=1S/C42H45BrFN10O7P/c1-23-16-32(49-42-47-20-28(43)39(51-42)48-31-7-6-30-37(46-13-12-45-30)38(31)62(58,60-4)61-5)35(59-3)19-34(23)53-14-10-26(11-15-53)52(2)21-25-17-24-22-54(41(57)27(24)18-29(25)44)33-8-9-36(55)50-40(33)56/h6-7,12-13,16-20,26,33H,8-11,14-15,21-22H2,1-5H3,(H,50,55,56)(H2,47,48,49,51). The van der Waals surface area contributed by atoms with Crippen molar-refractivity contribution in [3.8, 4) is 5.75 Å². The molecule has 0 spiro atoms. The Morgan fingerprint density at radius 3 is 2.47 bits per heavy atom. The number of benzene rings is 3. The van der Waals surface area contributed by atoms with Crippen molar-refractivity contribution < 1.29 is 37.1 Å². The largest absolute Gasteiger partial charge is 0.494 e. The highest BCUT2D eigenvalue weighted by Crippen LogP contribution is 2.49. The Morgan fingerprint density at radius 2 is 1.74 bits per heavy atom. The molecule has 3 aliphatic rings. The van der Waals surface area contributed by atoms with Crippen molar-refractivity contribution in [1.29, 1.82) is 0 Å². The summed E-state index contributed by atoms with van der Waals surface area (Å²) in [5, 5.41) is 9.06. The fraction of sp³-hybridized carbons (Fsp3) is 0.357. The molecule has 324 valence electrons. The average Bonchev–Trinajstić information content (AvgIpc) is 3.58. The molecule has 0 radical (unpaired) electrons. The number of imide groups is 1. The Labute approximate surface area is 365 Å². The van der Waals surface area contributed by atoms with E-state index in [1.807, 2.05) is 26.1 Å². The number of halogens is 2. The fourth-order valence-corrected chi connectivity index (χ4v) is 10.1. The van der Waals surface area contributed by atoms with E-state index in [1.165, 1.54) is 31.4 Å². The van der Waals surface area contributed by atoms with Gasteiger partial charge in [-0.15, -0.1) is 0 Å². The Kier molecular flexibility index (Phi) is 12.3. The summed E-state index contributed by atoms with van der Waals surface area (Å²) in [6.45, 7) is 4.11. The minimum absolute atomic E-state index is 0.156. The van der Waals surface area contributed by atoms with Crippen LogP contribution in [0.2, 0.25) is 0 Å². The van der Waals surface area contributed by atoms with Crippen molar-refractivity contribution in [3.05, 3.63) is 87.5 Å². The summed E-state index contributed by atoms with van der Waals surface area (Å²) < 4.78 is 46.4. The molecule has 0 bridgehead atoms. The van der Waals surface area contributed by atoms with Gasteiger partial charge in [-0.2, -0.15) is 4.98 Å². The molecular weight excluding hydrogens is 886 g/mol. The number of rotatable bonds is 13. The third kappa shape index (κ3) is 8.34. The first kappa shape index (κ1) is 43.1. The zero-order valence-electron chi connectivity index (χ0n) is 34.7. The van der Waals surface area contributed by atoms with Crippen LogP contribution < -0.4 is 30.9 Å². The van der Waals surface area contributed by atoms with Gasteiger partial charge < -0.3 is 34.2 Å². The van der Waals surface area contributed by atoms with Crippen LogP contribution in [-0.2, 0) is 36.3 Å². The van der Waals surface area contributed by atoms with Gasteiger partial charge in [0.25, 0.3) is 5.91 Å². The van der Waals surface area contributed by atoms with Crippen molar-refractivity contribution in [2.75, 3.05) is 57.0 Å². The number of hydrogen-bond donors (Lipinski definition) is 3. The molecule has 1 unspecified atom stereocenters. The molecule has 20 heteroatoms. The number of hydrogen-bond acceptors (Lipinski definition) is 15. The number of nitrogens with zero attached hydrogens (tertiary/aromatic N) is 7. The van der Waals surface area contributed by atoms with Crippen LogP contribution in [0, 0.1) is 12.7 Å². The Bertz CT molecular complexity index is 2640. The second-order valence-corrected chi connectivity index (χ2v) is 18.4. The molecule has 2 aromatic heterocycles. The summed E-state index contributed by atoms with van der Waals surface area (Å²) in [6.07, 6.45) is 6.73. The lowest BCUT2D eigenvalue weighted by molar-refractivity contribution is -0.136. The summed E-state index contributed by atoms with van der Waals surface area (Å²) in [5.74, 6) is -0.475.